The Balaban J connectivity index is 1.73. The number of aliphatic hydroxyl groups excluding tert-OH is 1. The highest BCUT2D eigenvalue weighted by molar-refractivity contribution is 5.32. The molecule has 2 N–H and O–H groups in total. The van der Waals surface area contributed by atoms with E-state index in [1.54, 1.807) is 18.2 Å². The van der Waals surface area contributed by atoms with E-state index in [1.165, 1.54) is 6.07 Å². The largest absolute Gasteiger partial charge is 0.491 e. The van der Waals surface area contributed by atoms with Crippen molar-refractivity contribution in [1.82, 2.24) is 5.32 Å². The summed E-state index contributed by atoms with van der Waals surface area (Å²) in [5.74, 6) is -1.78. The summed E-state index contributed by atoms with van der Waals surface area (Å²) in [6, 6.07) is 12.4. The van der Waals surface area contributed by atoms with Crippen molar-refractivity contribution in [2.75, 3.05) is 13.2 Å². The number of hydrogen-bond donors (Lipinski definition) is 2. The lowest BCUT2D eigenvalue weighted by Crippen LogP contribution is -2.31. The summed E-state index contributed by atoms with van der Waals surface area (Å²) in [5, 5.41) is 21.7. The molecule has 0 aromatic heterocycles. The second-order valence-corrected chi connectivity index (χ2v) is 4.98. The second kappa shape index (κ2) is 8.22. The number of nitriles is 1. The number of hydrogen-bond acceptors (Lipinski definition) is 4. The zero-order chi connectivity index (χ0) is 16.7. The number of aliphatic hydroxyl groups is 1. The molecule has 2 aromatic carbocycles. The Morgan fingerprint density at radius 1 is 1.17 bits per heavy atom. The first kappa shape index (κ1) is 16.9. The molecule has 0 fully saturated rings. The Morgan fingerprint density at radius 2 is 2.00 bits per heavy atom. The van der Waals surface area contributed by atoms with Crippen molar-refractivity contribution in [3.63, 3.8) is 0 Å². The average Bonchev–Trinajstić information content (AvgIpc) is 2.56. The molecule has 4 nitrogen and oxygen atoms in total. The lowest BCUT2D eigenvalue weighted by atomic mass is 10.1. The van der Waals surface area contributed by atoms with Gasteiger partial charge in [0.2, 0.25) is 0 Å². The van der Waals surface area contributed by atoms with Crippen LogP contribution in [0.3, 0.4) is 0 Å². The molecule has 0 saturated carbocycles. The summed E-state index contributed by atoms with van der Waals surface area (Å²) in [6.45, 7) is 0.717. The summed E-state index contributed by atoms with van der Waals surface area (Å²) in [7, 11) is 0. The van der Waals surface area contributed by atoms with Crippen molar-refractivity contribution in [3.8, 4) is 11.8 Å². The lowest BCUT2D eigenvalue weighted by molar-refractivity contribution is 0.106. The van der Waals surface area contributed by atoms with E-state index in [-0.39, 0.29) is 18.9 Å². The quantitative estimate of drug-likeness (QED) is 0.822. The van der Waals surface area contributed by atoms with E-state index in [0.717, 1.165) is 17.7 Å². The van der Waals surface area contributed by atoms with Crippen LogP contribution in [0.4, 0.5) is 8.78 Å². The molecule has 0 saturated heterocycles. The Morgan fingerprint density at radius 3 is 2.74 bits per heavy atom. The number of rotatable bonds is 7. The van der Waals surface area contributed by atoms with Gasteiger partial charge in [-0.15, -0.1) is 0 Å². The van der Waals surface area contributed by atoms with Crippen molar-refractivity contribution in [2.24, 2.45) is 0 Å². The van der Waals surface area contributed by atoms with E-state index >= 15 is 0 Å². The molecule has 23 heavy (non-hydrogen) atoms. The van der Waals surface area contributed by atoms with Crippen LogP contribution in [0.2, 0.25) is 0 Å². The monoisotopic (exact) mass is 318 g/mol. The number of benzene rings is 2. The predicted octanol–water partition coefficient (Wildman–Crippen LogP) is 2.37. The van der Waals surface area contributed by atoms with Gasteiger partial charge in [-0.05, 0) is 29.8 Å². The molecule has 1 atom stereocenters. The highest BCUT2D eigenvalue weighted by Gasteiger charge is 2.07. The first-order valence-corrected chi connectivity index (χ1v) is 7.04. The normalized spacial score (nSPS) is 11.7. The predicted molar refractivity (Wildman–Crippen MR) is 80.7 cm³/mol. The molecule has 1 unspecified atom stereocenters. The molecular formula is C17H16F2N2O2. The average molecular weight is 318 g/mol. The minimum Gasteiger partial charge on any atom is -0.491 e. The molecular weight excluding hydrogens is 302 g/mol. The summed E-state index contributed by atoms with van der Waals surface area (Å²) in [6.07, 6.45) is -0.803. The molecule has 0 spiro atoms. The topological polar surface area (TPSA) is 65.3 Å². The Bertz CT molecular complexity index is 701. The molecule has 2 aromatic rings. The summed E-state index contributed by atoms with van der Waals surface area (Å²) < 4.78 is 31.0. The van der Waals surface area contributed by atoms with Crippen LogP contribution in [0.5, 0.6) is 5.75 Å². The maximum Gasteiger partial charge on any atom is 0.162 e. The van der Waals surface area contributed by atoms with E-state index in [9.17, 15) is 13.9 Å². The van der Waals surface area contributed by atoms with Gasteiger partial charge in [0, 0.05) is 19.2 Å². The van der Waals surface area contributed by atoms with Crippen LogP contribution in [-0.4, -0.2) is 24.4 Å². The zero-order valence-electron chi connectivity index (χ0n) is 12.3. The van der Waals surface area contributed by atoms with Crippen LogP contribution in [0.1, 0.15) is 11.1 Å². The summed E-state index contributed by atoms with van der Waals surface area (Å²) in [4.78, 5) is 0. The lowest BCUT2D eigenvalue weighted by Gasteiger charge is -2.13. The van der Waals surface area contributed by atoms with E-state index in [0.29, 0.717) is 12.1 Å². The number of nitrogens with one attached hydrogen (secondary N) is 1. The maximum absolute atomic E-state index is 13.0. The fourth-order valence-corrected chi connectivity index (χ4v) is 1.95. The third-order valence-electron chi connectivity index (χ3n) is 3.10. The molecule has 0 radical (unpaired) electrons. The van der Waals surface area contributed by atoms with Crippen molar-refractivity contribution < 1.29 is 18.6 Å². The molecule has 6 heteroatoms. The van der Waals surface area contributed by atoms with Gasteiger partial charge in [-0.2, -0.15) is 5.26 Å². The van der Waals surface area contributed by atoms with Crippen molar-refractivity contribution in [1.29, 1.82) is 5.26 Å². The first-order chi connectivity index (χ1) is 11.1. The maximum atomic E-state index is 13.0. The highest BCUT2D eigenvalue weighted by Crippen LogP contribution is 2.15. The highest BCUT2D eigenvalue weighted by atomic mass is 19.2. The van der Waals surface area contributed by atoms with Crippen LogP contribution in [-0.2, 0) is 6.54 Å². The molecule has 0 aliphatic carbocycles. The van der Waals surface area contributed by atoms with Gasteiger partial charge < -0.3 is 15.2 Å². The molecule has 0 aliphatic rings. The minimum absolute atomic E-state index is 0.0453. The molecule has 0 amide bonds. The SMILES string of the molecule is N#Cc1cccc(CNCC(O)COc2ccc(F)c(F)c2)c1. The van der Waals surface area contributed by atoms with Crippen molar-refractivity contribution in [2.45, 2.75) is 12.6 Å². The van der Waals surface area contributed by atoms with E-state index < -0.39 is 17.7 Å². The van der Waals surface area contributed by atoms with Gasteiger partial charge in [0.1, 0.15) is 18.5 Å². The Kier molecular flexibility index (Phi) is 6.03. The molecule has 0 heterocycles. The van der Waals surface area contributed by atoms with Gasteiger partial charge in [0.25, 0.3) is 0 Å². The molecule has 2 rings (SSSR count). The first-order valence-electron chi connectivity index (χ1n) is 7.04. The van der Waals surface area contributed by atoms with E-state index in [1.807, 2.05) is 6.07 Å². The van der Waals surface area contributed by atoms with Crippen LogP contribution < -0.4 is 10.1 Å². The molecule has 120 valence electrons. The fraction of sp³-hybridized carbons (Fsp3) is 0.235. The van der Waals surface area contributed by atoms with Crippen LogP contribution in [0, 0.1) is 23.0 Å². The standard InChI is InChI=1S/C17H16F2N2O2/c18-16-5-4-15(7-17(16)19)23-11-14(22)10-21-9-13-3-1-2-12(6-13)8-20/h1-7,14,21-22H,9-11H2. The van der Waals surface area contributed by atoms with Gasteiger partial charge in [-0.3, -0.25) is 0 Å². The zero-order valence-corrected chi connectivity index (χ0v) is 12.3. The third kappa shape index (κ3) is 5.33. The van der Waals surface area contributed by atoms with Gasteiger partial charge in [0.05, 0.1) is 11.6 Å². The van der Waals surface area contributed by atoms with Gasteiger partial charge >= 0.3 is 0 Å². The number of nitrogens with zero attached hydrogens (tertiary/aromatic N) is 1. The molecule has 0 bridgehead atoms. The summed E-state index contributed by atoms with van der Waals surface area (Å²) >= 11 is 0. The molecule has 0 aliphatic heterocycles. The fourth-order valence-electron chi connectivity index (χ4n) is 1.95. The van der Waals surface area contributed by atoms with E-state index in [2.05, 4.69) is 11.4 Å². The van der Waals surface area contributed by atoms with Gasteiger partial charge in [-0.25, -0.2) is 8.78 Å². The minimum atomic E-state index is -0.993. The summed E-state index contributed by atoms with van der Waals surface area (Å²) in [5.41, 5.74) is 1.50. The van der Waals surface area contributed by atoms with E-state index in [4.69, 9.17) is 10.00 Å². The number of ether oxygens (including phenoxy) is 1. The van der Waals surface area contributed by atoms with Crippen LogP contribution in [0.25, 0.3) is 0 Å². The second-order valence-electron chi connectivity index (χ2n) is 4.98. The van der Waals surface area contributed by atoms with Crippen LogP contribution >= 0.6 is 0 Å². The Hall–Kier alpha value is -2.49. The smallest absolute Gasteiger partial charge is 0.162 e. The van der Waals surface area contributed by atoms with Crippen LogP contribution in [0.15, 0.2) is 42.5 Å². The number of halogens is 2. The van der Waals surface area contributed by atoms with Gasteiger partial charge in [-0.1, -0.05) is 12.1 Å². The van der Waals surface area contributed by atoms with Gasteiger partial charge in [0.15, 0.2) is 11.6 Å². The third-order valence-corrected chi connectivity index (χ3v) is 3.10. The van der Waals surface area contributed by atoms with Crippen molar-refractivity contribution in [3.05, 3.63) is 65.2 Å². The van der Waals surface area contributed by atoms with Crippen molar-refractivity contribution >= 4 is 0 Å². The Labute approximate surface area is 132 Å².